The van der Waals surface area contributed by atoms with Crippen molar-refractivity contribution in [1.82, 2.24) is 0 Å². The van der Waals surface area contributed by atoms with Gasteiger partial charge in [0.1, 0.15) is 0 Å². The summed E-state index contributed by atoms with van der Waals surface area (Å²) in [6.07, 6.45) is 23.3. The van der Waals surface area contributed by atoms with Crippen LogP contribution in [0, 0.1) is 0 Å². The van der Waals surface area contributed by atoms with Crippen LogP contribution in [0.4, 0.5) is 0 Å². The van der Waals surface area contributed by atoms with Gasteiger partial charge in [0.2, 0.25) is 0 Å². The molecule has 0 aliphatic carbocycles. The van der Waals surface area contributed by atoms with Gasteiger partial charge in [-0.1, -0.05) is 81.9 Å². The quantitative estimate of drug-likeness (QED) is 0.265. The molecule has 0 atom stereocenters. The standard InChI is InChI=1S/C20H30O3/c1-2-3-4-5-6-7-8-10-13-16-19(21)17-14-11-9-12-15-18-20(22)23/h9,11-16,18H,2-8,10,17H2,1H3,(H,22,23). The lowest BCUT2D eigenvalue weighted by Crippen LogP contribution is -1.88. The van der Waals surface area contributed by atoms with Gasteiger partial charge < -0.3 is 5.11 Å². The van der Waals surface area contributed by atoms with Gasteiger partial charge in [-0.05, 0) is 18.9 Å². The fourth-order valence-electron chi connectivity index (χ4n) is 2.03. The van der Waals surface area contributed by atoms with E-state index in [2.05, 4.69) is 6.92 Å². The summed E-state index contributed by atoms with van der Waals surface area (Å²) in [5, 5.41) is 8.38. The van der Waals surface area contributed by atoms with Crippen molar-refractivity contribution in [2.75, 3.05) is 0 Å². The van der Waals surface area contributed by atoms with Crippen LogP contribution >= 0.6 is 0 Å². The van der Waals surface area contributed by atoms with Gasteiger partial charge in [-0.15, -0.1) is 0 Å². The van der Waals surface area contributed by atoms with Crippen LogP contribution in [0.15, 0.2) is 48.6 Å². The third-order valence-electron chi connectivity index (χ3n) is 3.31. The molecule has 128 valence electrons. The average Bonchev–Trinajstić information content (AvgIpc) is 2.52. The van der Waals surface area contributed by atoms with Crippen LogP contribution in [-0.4, -0.2) is 16.9 Å². The molecule has 3 heteroatoms. The summed E-state index contributed by atoms with van der Waals surface area (Å²) in [4.78, 5) is 21.8. The number of carbonyl (C=O) groups excluding carboxylic acids is 1. The van der Waals surface area contributed by atoms with E-state index in [0.717, 1.165) is 18.9 Å². The first-order valence-corrected chi connectivity index (χ1v) is 8.59. The van der Waals surface area contributed by atoms with Crippen molar-refractivity contribution in [2.24, 2.45) is 0 Å². The highest BCUT2D eigenvalue weighted by molar-refractivity contribution is 5.90. The highest BCUT2D eigenvalue weighted by Gasteiger charge is 1.92. The van der Waals surface area contributed by atoms with Crippen molar-refractivity contribution in [1.29, 1.82) is 0 Å². The lowest BCUT2D eigenvalue weighted by atomic mass is 10.1. The first-order chi connectivity index (χ1) is 11.2. The van der Waals surface area contributed by atoms with Crippen LogP contribution in [0.5, 0.6) is 0 Å². The molecular weight excluding hydrogens is 288 g/mol. The Morgan fingerprint density at radius 2 is 1.43 bits per heavy atom. The van der Waals surface area contributed by atoms with Crippen LogP contribution in [0.25, 0.3) is 0 Å². The molecule has 0 amide bonds. The van der Waals surface area contributed by atoms with Crippen molar-refractivity contribution in [3.63, 3.8) is 0 Å². The lowest BCUT2D eigenvalue weighted by molar-refractivity contribution is -0.131. The van der Waals surface area contributed by atoms with Gasteiger partial charge in [-0.3, -0.25) is 4.79 Å². The highest BCUT2D eigenvalue weighted by atomic mass is 16.4. The van der Waals surface area contributed by atoms with Crippen molar-refractivity contribution in [3.05, 3.63) is 48.6 Å². The Kier molecular flexibility index (Phi) is 15.1. The molecule has 0 aromatic rings. The third-order valence-corrected chi connectivity index (χ3v) is 3.31. The Morgan fingerprint density at radius 3 is 2.13 bits per heavy atom. The smallest absolute Gasteiger partial charge is 0.328 e. The van der Waals surface area contributed by atoms with Crippen molar-refractivity contribution < 1.29 is 14.7 Å². The fourth-order valence-corrected chi connectivity index (χ4v) is 2.03. The zero-order valence-corrected chi connectivity index (χ0v) is 14.2. The maximum atomic E-state index is 11.6. The predicted octanol–water partition coefficient (Wildman–Crippen LogP) is 5.40. The van der Waals surface area contributed by atoms with E-state index in [0.29, 0.717) is 6.42 Å². The number of hydrogen-bond donors (Lipinski definition) is 1. The zero-order valence-electron chi connectivity index (χ0n) is 14.2. The van der Waals surface area contributed by atoms with Gasteiger partial charge in [0.15, 0.2) is 5.78 Å². The van der Waals surface area contributed by atoms with Crippen molar-refractivity contribution >= 4 is 11.8 Å². The maximum Gasteiger partial charge on any atom is 0.328 e. The van der Waals surface area contributed by atoms with Gasteiger partial charge in [-0.25, -0.2) is 4.79 Å². The molecule has 0 saturated heterocycles. The van der Waals surface area contributed by atoms with E-state index in [4.69, 9.17) is 5.11 Å². The summed E-state index contributed by atoms with van der Waals surface area (Å²) in [5.74, 6) is -0.876. The summed E-state index contributed by atoms with van der Waals surface area (Å²) in [6.45, 7) is 2.23. The van der Waals surface area contributed by atoms with Gasteiger partial charge in [0.25, 0.3) is 0 Å². The SMILES string of the molecule is CCCCCCCCCC=CC(=O)CC=CC=CC=CC(=O)O. The minimum absolute atomic E-state index is 0.0960. The molecule has 1 N–H and O–H groups in total. The molecule has 0 unspecified atom stereocenters. The molecular formula is C20H30O3. The second-order valence-electron chi connectivity index (χ2n) is 5.49. The van der Waals surface area contributed by atoms with E-state index >= 15 is 0 Å². The Labute approximate surface area is 140 Å². The van der Waals surface area contributed by atoms with E-state index in [1.54, 1.807) is 30.4 Å². The molecule has 0 spiro atoms. The Balaban J connectivity index is 3.60. The second kappa shape index (κ2) is 16.5. The average molecular weight is 318 g/mol. The van der Waals surface area contributed by atoms with Crippen LogP contribution in [-0.2, 0) is 9.59 Å². The number of unbranched alkanes of at least 4 members (excludes halogenated alkanes) is 7. The van der Waals surface area contributed by atoms with Gasteiger partial charge in [0.05, 0.1) is 0 Å². The summed E-state index contributed by atoms with van der Waals surface area (Å²) < 4.78 is 0. The predicted molar refractivity (Wildman–Crippen MR) is 96.4 cm³/mol. The number of allylic oxidation sites excluding steroid dienone is 7. The molecule has 23 heavy (non-hydrogen) atoms. The van der Waals surface area contributed by atoms with Crippen LogP contribution in [0.1, 0.15) is 64.7 Å². The maximum absolute atomic E-state index is 11.6. The fraction of sp³-hybridized carbons (Fsp3) is 0.500. The van der Waals surface area contributed by atoms with Crippen LogP contribution < -0.4 is 0 Å². The molecule has 0 heterocycles. The number of carbonyl (C=O) groups is 2. The van der Waals surface area contributed by atoms with Crippen LogP contribution in [0.3, 0.4) is 0 Å². The molecule has 0 bridgehead atoms. The van der Waals surface area contributed by atoms with Crippen molar-refractivity contribution in [2.45, 2.75) is 64.7 Å². The minimum atomic E-state index is -0.972. The van der Waals surface area contributed by atoms with E-state index in [9.17, 15) is 9.59 Å². The van der Waals surface area contributed by atoms with E-state index in [1.807, 2.05) is 6.08 Å². The first-order valence-electron chi connectivity index (χ1n) is 8.59. The van der Waals surface area contributed by atoms with Crippen LogP contribution in [0.2, 0.25) is 0 Å². The number of ketones is 1. The molecule has 0 aliphatic rings. The van der Waals surface area contributed by atoms with Gasteiger partial charge in [-0.2, -0.15) is 0 Å². The number of carboxylic acids is 1. The van der Waals surface area contributed by atoms with Crippen molar-refractivity contribution in [3.8, 4) is 0 Å². The normalized spacial score (nSPS) is 12.2. The van der Waals surface area contributed by atoms with E-state index in [-0.39, 0.29) is 5.78 Å². The first kappa shape index (κ1) is 21.1. The lowest BCUT2D eigenvalue weighted by Gasteiger charge is -1.98. The number of hydrogen-bond acceptors (Lipinski definition) is 2. The minimum Gasteiger partial charge on any atom is -0.478 e. The molecule has 0 fully saturated rings. The summed E-state index contributed by atoms with van der Waals surface area (Å²) in [5.41, 5.74) is 0. The molecule has 0 aliphatic heterocycles. The highest BCUT2D eigenvalue weighted by Crippen LogP contribution is 2.08. The second-order valence-corrected chi connectivity index (χ2v) is 5.49. The Bertz CT molecular complexity index is 428. The molecule has 0 saturated carbocycles. The molecule has 3 nitrogen and oxygen atoms in total. The summed E-state index contributed by atoms with van der Waals surface area (Å²) in [6, 6.07) is 0. The monoisotopic (exact) mass is 318 g/mol. The largest absolute Gasteiger partial charge is 0.478 e. The molecule has 0 aromatic carbocycles. The topological polar surface area (TPSA) is 54.4 Å². The van der Waals surface area contributed by atoms with E-state index < -0.39 is 5.97 Å². The molecule has 0 rings (SSSR count). The number of aliphatic carboxylic acids is 1. The molecule has 0 radical (unpaired) electrons. The van der Waals surface area contributed by atoms with Gasteiger partial charge >= 0.3 is 5.97 Å². The Morgan fingerprint density at radius 1 is 0.783 bits per heavy atom. The number of carboxylic acid groups (broad SMARTS) is 1. The van der Waals surface area contributed by atoms with Gasteiger partial charge in [0, 0.05) is 12.5 Å². The third kappa shape index (κ3) is 18.1. The number of rotatable bonds is 14. The Hall–Kier alpha value is -1.90. The summed E-state index contributed by atoms with van der Waals surface area (Å²) >= 11 is 0. The van der Waals surface area contributed by atoms with E-state index in [1.165, 1.54) is 44.6 Å². The molecule has 0 aromatic heterocycles. The summed E-state index contributed by atoms with van der Waals surface area (Å²) in [7, 11) is 0. The zero-order chi connectivity index (χ0) is 17.2.